The van der Waals surface area contributed by atoms with Gasteiger partial charge in [-0.3, -0.25) is 4.79 Å². The highest BCUT2D eigenvalue weighted by atomic mass is 16.2. The lowest BCUT2D eigenvalue weighted by molar-refractivity contribution is -0.123. The fourth-order valence-corrected chi connectivity index (χ4v) is 2.41. The van der Waals surface area contributed by atoms with Gasteiger partial charge < -0.3 is 11.1 Å². The van der Waals surface area contributed by atoms with Gasteiger partial charge in [0.1, 0.15) is 0 Å². The monoisotopic (exact) mass is 226 g/mol. The summed E-state index contributed by atoms with van der Waals surface area (Å²) in [7, 11) is 0. The maximum atomic E-state index is 11.8. The van der Waals surface area contributed by atoms with Crippen LogP contribution in [0.4, 0.5) is 0 Å². The van der Waals surface area contributed by atoms with Gasteiger partial charge in [0.05, 0.1) is 6.04 Å². The molecule has 0 heterocycles. The first kappa shape index (κ1) is 13.5. The van der Waals surface area contributed by atoms with Gasteiger partial charge in [-0.15, -0.1) is 0 Å². The van der Waals surface area contributed by atoms with Gasteiger partial charge in [0.2, 0.25) is 5.91 Å². The number of amides is 1. The number of hydrogen-bond donors (Lipinski definition) is 2. The Bertz CT molecular complexity index is 230. The van der Waals surface area contributed by atoms with Crippen LogP contribution in [0, 0.1) is 11.8 Å². The molecule has 0 saturated heterocycles. The van der Waals surface area contributed by atoms with Crippen LogP contribution in [0.5, 0.6) is 0 Å². The van der Waals surface area contributed by atoms with E-state index in [-0.39, 0.29) is 11.9 Å². The standard InChI is InChI=1S/C13H26N2O/c1-4-5-6-11(14)13(16)15-12-8-7-9(2)10(12)3/h9-12H,4-8,14H2,1-3H3,(H,15,16). The Morgan fingerprint density at radius 3 is 2.62 bits per heavy atom. The highest BCUT2D eigenvalue weighted by Crippen LogP contribution is 2.31. The summed E-state index contributed by atoms with van der Waals surface area (Å²) in [5.41, 5.74) is 5.85. The largest absolute Gasteiger partial charge is 0.352 e. The molecule has 0 radical (unpaired) electrons. The SMILES string of the molecule is CCCCC(N)C(=O)NC1CCC(C)C1C. The smallest absolute Gasteiger partial charge is 0.237 e. The van der Waals surface area contributed by atoms with E-state index in [1.165, 1.54) is 6.42 Å². The van der Waals surface area contributed by atoms with Crippen LogP contribution in [-0.2, 0) is 4.79 Å². The molecular weight excluding hydrogens is 200 g/mol. The molecule has 1 aliphatic rings. The van der Waals surface area contributed by atoms with Gasteiger partial charge in [0.25, 0.3) is 0 Å². The Hall–Kier alpha value is -0.570. The lowest BCUT2D eigenvalue weighted by atomic mass is 9.97. The molecule has 0 aromatic heterocycles. The predicted octanol–water partition coefficient (Wildman–Crippen LogP) is 2.05. The fourth-order valence-electron chi connectivity index (χ4n) is 2.41. The number of carbonyl (C=O) groups is 1. The summed E-state index contributed by atoms with van der Waals surface area (Å²) >= 11 is 0. The van der Waals surface area contributed by atoms with Gasteiger partial charge in [0, 0.05) is 6.04 Å². The van der Waals surface area contributed by atoms with Gasteiger partial charge in [-0.05, 0) is 31.1 Å². The first-order valence-electron chi connectivity index (χ1n) is 6.62. The molecular formula is C13H26N2O. The number of unbranched alkanes of at least 4 members (excludes halogenated alkanes) is 1. The molecule has 1 amide bonds. The molecule has 0 aromatic rings. The first-order chi connectivity index (χ1) is 7.56. The van der Waals surface area contributed by atoms with Crippen molar-refractivity contribution >= 4 is 5.91 Å². The van der Waals surface area contributed by atoms with Crippen LogP contribution in [0.2, 0.25) is 0 Å². The van der Waals surface area contributed by atoms with Crippen LogP contribution in [-0.4, -0.2) is 18.0 Å². The van der Waals surface area contributed by atoms with Crippen LogP contribution >= 0.6 is 0 Å². The maximum Gasteiger partial charge on any atom is 0.237 e. The zero-order valence-electron chi connectivity index (χ0n) is 10.8. The lowest BCUT2D eigenvalue weighted by Crippen LogP contribution is -2.46. The Balaban J connectivity index is 2.33. The zero-order valence-corrected chi connectivity index (χ0v) is 10.8. The maximum absolute atomic E-state index is 11.8. The van der Waals surface area contributed by atoms with Gasteiger partial charge >= 0.3 is 0 Å². The quantitative estimate of drug-likeness (QED) is 0.754. The third kappa shape index (κ3) is 3.48. The van der Waals surface area contributed by atoms with E-state index >= 15 is 0 Å². The minimum absolute atomic E-state index is 0.0411. The molecule has 0 aromatic carbocycles. The van der Waals surface area contributed by atoms with Gasteiger partial charge in [-0.2, -0.15) is 0 Å². The third-order valence-corrected chi connectivity index (χ3v) is 4.00. The molecule has 3 nitrogen and oxygen atoms in total. The Morgan fingerprint density at radius 2 is 2.12 bits per heavy atom. The number of hydrogen-bond acceptors (Lipinski definition) is 2. The van der Waals surface area contributed by atoms with E-state index in [0.717, 1.165) is 31.6 Å². The van der Waals surface area contributed by atoms with Gasteiger partial charge in [-0.25, -0.2) is 0 Å². The average molecular weight is 226 g/mol. The molecule has 4 atom stereocenters. The lowest BCUT2D eigenvalue weighted by Gasteiger charge is -2.21. The van der Waals surface area contributed by atoms with Crippen molar-refractivity contribution in [1.82, 2.24) is 5.32 Å². The van der Waals surface area contributed by atoms with Gasteiger partial charge in [-0.1, -0.05) is 33.6 Å². The van der Waals surface area contributed by atoms with E-state index in [0.29, 0.717) is 12.0 Å². The molecule has 1 rings (SSSR count). The molecule has 1 saturated carbocycles. The highest BCUT2D eigenvalue weighted by molar-refractivity contribution is 5.81. The number of carbonyl (C=O) groups excluding carboxylic acids is 1. The summed E-state index contributed by atoms with van der Waals surface area (Å²) in [4.78, 5) is 11.8. The topological polar surface area (TPSA) is 55.1 Å². The number of rotatable bonds is 5. The van der Waals surface area contributed by atoms with E-state index in [9.17, 15) is 4.79 Å². The third-order valence-electron chi connectivity index (χ3n) is 4.00. The summed E-state index contributed by atoms with van der Waals surface area (Å²) in [6.45, 7) is 6.60. The Morgan fingerprint density at radius 1 is 1.44 bits per heavy atom. The molecule has 94 valence electrons. The summed E-state index contributed by atoms with van der Waals surface area (Å²) in [5.74, 6) is 1.35. The Kier molecular flexibility index (Phi) is 5.26. The fraction of sp³-hybridized carbons (Fsp3) is 0.923. The normalized spacial score (nSPS) is 31.4. The van der Waals surface area contributed by atoms with E-state index < -0.39 is 0 Å². The summed E-state index contributed by atoms with van der Waals surface area (Å²) in [6.07, 6.45) is 5.26. The van der Waals surface area contributed by atoms with Gasteiger partial charge in [0.15, 0.2) is 0 Å². The molecule has 3 heteroatoms. The van der Waals surface area contributed by atoms with Crippen LogP contribution in [0.25, 0.3) is 0 Å². The summed E-state index contributed by atoms with van der Waals surface area (Å²) < 4.78 is 0. The molecule has 0 aliphatic heterocycles. The summed E-state index contributed by atoms with van der Waals surface area (Å²) in [5, 5.41) is 3.10. The van der Waals surface area contributed by atoms with E-state index in [4.69, 9.17) is 5.73 Å². The molecule has 0 bridgehead atoms. The molecule has 1 aliphatic carbocycles. The highest BCUT2D eigenvalue weighted by Gasteiger charge is 2.31. The van der Waals surface area contributed by atoms with E-state index in [1.807, 2.05) is 0 Å². The zero-order chi connectivity index (χ0) is 12.1. The van der Waals surface area contributed by atoms with Crippen LogP contribution in [0.1, 0.15) is 52.9 Å². The van der Waals surface area contributed by atoms with Crippen molar-refractivity contribution in [3.05, 3.63) is 0 Å². The number of nitrogens with two attached hydrogens (primary N) is 1. The molecule has 3 N–H and O–H groups in total. The summed E-state index contributed by atoms with van der Waals surface area (Å²) in [6, 6.07) is 0.0261. The molecule has 4 unspecified atom stereocenters. The van der Waals surface area contributed by atoms with E-state index in [1.54, 1.807) is 0 Å². The predicted molar refractivity (Wildman–Crippen MR) is 67.0 cm³/mol. The van der Waals surface area contributed by atoms with E-state index in [2.05, 4.69) is 26.1 Å². The van der Waals surface area contributed by atoms with Crippen molar-refractivity contribution in [2.75, 3.05) is 0 Å². The van der Waals surface area contributed by atoms with Crippen LogP contribution in [0.3, 0.4) is 0 Å². The van der Waals surface area contributed by atoms with Crippen molar-refractivity contribution in [3.8, 4) is 0 Å². The van der Waals surface area contributed by atoms with Crippen molar-refractivity contribution in [1.29, 1.82) is 0 Å². The second-order valence-electron chi connectivity index (χ2n) is 5.28. The van der Waals surface area contributed by atoms with Crippen molar-refractivity contribution < 1.29 is 4.79 Å². The molecule has 16 heavy (non-hydrogen) atoms. The molecule has 0 spiro atoms. The second-order valence-corrected chi connectivity index (χ2v) is 5.28. The second kappa shape index (κ2) is 6.24. The minimum atomic E-state index is -0.317. The molecule has 1 fully saturated rings. The van der Waals surface area contributed by atoms with Crippen molar-refractivity contribution in [3.63, 3.8) is 0 Å². The van der Waals surface area contributed by atoms with Crippen molar-refractivity contribution in [2.45, 2.75) is 65.0 Å². The van der Waals surface area contributed by atoms with Crippen LogP contribution in [0.15, 0.2) is 0 Å². The number of nitrogens with one attached hydrogen (secondary N) is 1. The minimum Gasteiger partial charge on any atom is -0.352 e. The van der Waals surface area contributed by atoms with Crippen molar-refractivity contribution in [2.24, 2.45) is 17.6 Å². The first-order valence-corrected chi connectivity index (χ1v) is 6.62. The van der Waals surface area contributed by atoms with Crippen LogP contribution < -0.4 is 11.1 Å². The Labute approximate surface area is 99.2 Å². The average Bonchev–Trinajstić information content (AvgIpc) is 2.57.